The fourth-order valence-electron chi connectivity index (χ4n) is 2.90. The van der Waals surface area contributed by atoms with Crippen molar-refractivity contribution in [1.29, 1.82) is 5.26 Å². The molecule has 124 valence electrons. The predicted molar refractivity (Wildman–Crippen MR) is 100 cm³/mol. The maximum absolute atomic E-state index is 12.6. The van der Waals surface area contributed by atoms with Crippen LogP contribution in [0, 0.1) is 11.3 Å². The van der Waals surface area contributed by atoms with Crippen molar-refractivity contribution in [2.75, 3.05) is 0 Å². The van der Waals surface area contributed by atoms with E-state index in [0.29, 0.717) is 5.82 Å². The number of ketones is 1. The number of para-hydroxylation sites is 3. The molecule has 0 bridgehead atoms. The Bertz CT molecular complexity index is 1150. The number of H-pyrrole nitrogens is 1. The van der Waals surface area contributed by atoms with Gasteiger partial charge in [0.25, 0.3) is 0 Å². The number of aromatic amines is 1. The molecule has 1 unspecified atom stereocenters. The number of nitriles is 1. The predicted octanol–water partition coefficient (Wildman–Crippen LogP) is 4.00. The lowest BCUT2D eigenvalue weighted by Gasteiger charge is -2.02. The smallest absolute Gasteiger partial charge is 0.180 e. The standard InChI is InChI=1S/C21H14N4O/c22-13-16(21-24-17-8-1-2-9-18(17)25-21)19(26)11-10-15-6-3-5-14-7-4-12-23-20(14)15/h1-12,16H,(H,24,25). The number of carbonyl (C=O) groups excluding carboxylic acids is 1. The molecule has 4 aromatic rings. The lowest BCUT2D eigenvalue weighted by atomic mass is 10.0. The third kappa shape index (κ3) is 2.85. The number of rotatable bonds is 4. The summed E-state index contributed by atoms with van der Waals surface area (Å²) in [5.74, 6) is -0.930. The lowest BCUT2D eigenvalue weighted by molar-refractivity contribution is -0.114. The molecule has 0 amide bonds. The summed E-state index contributed by atoms with van der Waals surface area (Å²) in [5, 5.41) is 10.5. The number of hydrogen-bond donors (Lipinski definition) is 1. The van der Waals surface area contributed by atoms with E-state index in [2.05, 4.69) is 15.0 Å². The summed E-state index contributed by atoms with van der Waals surface area (Å²) in [4.78, 5) is 24.4. The number of hydrogen-bond acceptors (Lipinski definition) is 4. The van der Waals surface area contributed by atoms with Gasteiger partial charge in [0.05, 0.1) is 22.6 Å². The number of pyridine rings is 1. The first-order valence-electron chi connectivity index (χ1n) is 8.16. The zero-order valence-corrected chi connectivity index (χ0v) is 13.8. The molecule has 0 aliphatic carbocycles. The van der Waals surface area contributed by atoms with Gasteiger partial charge in [-0.1, -0.05) is 36.4 Å². The van der Waals surface area contributed by atoms with E-state index in [1.54, 1.807) is 12.3 Å². The number of fused-ring (bicyclic) bond motifs is 2. The SMILES string of the molecule is N#CC(C(=O)C=Cc1cccc2cccnc12)c1nc2ccccc2[nH]1. The van der Waals surface area contributed by atoms with E-state index in [0.717, 1.165) is 27.5 Å². The minimum atomic E-state index is -0.971. The topological polar surface area (TPSA) is 82.4 Å². The van der Waals surface area contributed by atoms with Gasteiger partial charge in [-0.15, -0.1) is 0 Å². The molecule has 1 N–H and O–H groups in total. The first-order valence-corrected chi connectivity index (χ1v) is 8.16. The van der Waals surface area contributed by atoms with Crippen molar-refractivity contribution in [3.05, 3.63) is 78.3 Å². The molecule has 4 rings (SSSR count). The highest BCUT2D eigenvalue weighted by molar-refractivity contribution is 6.01. The van der Waals surface area contributed by atoms with Crippen molar-refractivity contribution < 1.29 is 4.79 Å². The van der Waals surface area contributed by atoms with Crippen LogP contribution in [0.5, 0.6) is 0 Å². The second-order valence-electron chi connectivity index (χ2n) is 5.86. The summed E-state index contributed by atoms with van der Waals surface area (Å²) in [7, 11) is 0. The van der Waals surface area contributed by atoms with Gasteiger partial charge in [-0.05, 0) is 30.4 Å². The summed E-state index contributed by atoms with van der Waals surface area (Å²) in [6.07, 6.45) is 4.84. The zero-order valence-electron chi connectivity index (χ0n) is 13.8. The van der Waals surface area contributed by atoms with Gasteiger partial charge in [0.1, 0.15) is 5.82 Å². The third-order valence-corrected chi connectivity index (χ3v) is 4.19. The van der Waals surface area contributed by atoms with Crippen molar-refractivity contribution in [3.63, 3.8) is 0 Å². The molecule has 2 heterocycles. The fraction of sp³-hybridized carbons (Fsp3) is 0.0476. The molecule has 1 atom stereocenters. The second-order valence-corrected chi connectivity index (χ2v) is 5.86. The second kappa shape index (κ2) is 6.61. The van der Waals surface area contributed by atoms with E-state index in [1.165, 1.54) is 6.08 Å². The molecular formula is C21H14N4O. The molecule has 0 saturated heterocycles. The molecule has 0 saturated carbocycles. The van der Waals surface area contributed by atoms with Crippen molar-refractivity contribution in [2.24, 2.45) is 0 Å². The largest absolute Gasteiger partial charge is 0.340 e. The van der Waals surface area contributed by atoms with Gasteiger partial charge in [-0.25, -0.2) is 4.98 Å². The summed E-state index contributed by atoms with van der Waals surface area (Å²) in [5.41, 5.74) is 3.18. The first kappa shape index (κ1) is 15.7. The Morgan fingerprint density at radius 2 is 1.96 bits per heavy atom. The number of imidazole rings is 1. The minimum absolute atomic E-state index is 0.320. The average Bonchev–Trinajstić information content (AvgIpc) is 3.10. The van der Waals surface area contributed by atoms with E-state index in [1.807, 2.05) is 60.7 Å². The number of allylic oxidation sites excluding steroid dienone is 1. The van der Waals surface area contributed by atoms with E-state index in [9.17, 15) is 10.1 Å². The maximum Gasteiger partial charge on any atom is 0.180 e. The molecule has 2 aromatic carbocycles. The van der Waals surface area contributed by atoms with E-state index in [4.69, 9.17) is 0 Å². The van der Waals surface area contributed by atoms with Crippen LogP contribution in [0.2, 0.25) is 0 Å². The lowest BCUT2D eigenvalue weighted by Crippen LogP contribution is -2.09. The first-order chi connectivity index (χ1) is 12.8. The van der Waals surface area contributed by atoms with Crippen molar-refractivity contribution in [1.82, 2.24) is 15.0 Å². The Kier molecular flexibility index (Phi) is 4.00. The van der Waals surface area contributed by atoms with Gasteiger partial charge in [-0.2, -0.15) is 5.26 Å². The Labute approximate surface area is 149 Å². The number of benzene rings is 2. The van der Waals surface area contributed by atoms with Crippen LogP contribution in [-0.2, 0) is 4.79 Å². The monoisotopic (exact) mass is 338 g/mol. The highest BCUT2D eigenvalue weighted by atomic mass is 16.1. The van der Waals surface area contributed by atoms with Crippen LogP contribution in [0.15, 0.2) is 66.9 Å². The van der Waals surface area contributed by atoms with Crippen LogP contribution >= 0.6 is 0 Å². The molecule has 0 fully saturated rings. The van der Waals surface area contributed by atoms with Crippen LogP contribution in [0.1, 0.15) is 17.3 Å². The molecular weight excluding hydrogens is 324 g/mol. The summed E-state index contributed by atoms with van der Waals surface area (Å²) >= 11 is 0. The Balaban J connectivity index is 1.65. The number of aromatic nitrogens is 3. The number of nitrogens with one attached hydrogen (secondary N) is 1. The Morgan fingerprint density at radius 3 is 2.81 bits per heavy atom. The number of nitrogens with zero attached hydrogens (tertiary/aromatic N) is 3. The van der Waals surface area contributed by atoms with Crippen LogP contribution in [0.3, 0.4) is 0 Å². The van der Waals surface area contributed by atoms with Gasteiger partial charge in [-0.3, -0.25) is 9.78 Å². The Morgan fingerprint density at radius 1 is 1.12 bits per heavy atom. The molecule has 5 nitrogen and oxygen atoms in total. The van der Waals surface area contributed by atoms with E-state index >= 15 is 0 Å². The van der Waals surface area contributed by atoms with Gasteiger partial charge >= 0.3 is 0 Å². The van der Waals surface area contributed by atoms with E-state index < -0.39 is 5.92 Å². The summed E-state index contributed by atoms with van der Waals surface area (Å²) in [6, 6.07) is 19.1. The van der Waals surface area contributed by atoms with Crippen LogP contribution in [-0.4, -0.2) is 20.7 Å². The van der Waals surface area contributed by atoms with Gasteiger partial charge in [0.15, 0.2) is 11.7 Å². The van der Waals surface area contributed by atoms with Crippen molar-refractivity contribution >= 4 is 33.8 Å². The van der Waals surface area contributed by atoms with Crippen molar-refractivity contribution in [3.8, 4) is 6.07 Å². The third-order valence-electron chi connectivity index (χ3n) is 4.19. The van der Waals surface area contributed by atoms with Crippen molar-refractivity contribution in [2.45, 2.75) is 5.92 Å². The quantitative estimate of drug-likeness (QED) is 0.570. The summed E-state index contributed by atoms with van der Waals surface area (Å²) < 4.78 is 0. The molecule has 5 heteroatoms. The van der Waals surface area contributed by atoms with Gasteiger partial charge < -0.3 is 4.98 Å². The minimum Gasteiger partial charge on any atom is -0.340 e. The highest BCUT2D eigenvalue weighted by Crippen LogP contribution is 2.20. The maximum atomic E-state index is 12.6. The Hall–Kier alpha value is -3.78. The van der Waals surface area contributed by atoms with Gasteiger partial charge in [0, 0.05) is 17.1 Å². The van der Waals surface area contributed by atoms with Crippen LogP contribution < -0.4 is 0 Å². The van der Waals surface area contributed by atoms with Crippen LogP contribution in [0.25, 0.3) is 28.0 Å². The zero-order chi connectivity index (χ0) is 17.9. The fourth-order valence-corrected chi connectivity index (χ4v) is 2.90. The molecule has 26 heavy (non-hydrogen) atoms. The molecule has 0 radical (unpaired) electrons. The summed E-state index contributed by atoms with van der Waals surface area (Å²) in [6.45, 7) is 0. The normalized spacial score (nSPS) is 12.4. The molecule has 0 aliphatic rings. The average molecular weight is 338 g/mol. The molecule has 0 spiro atoms. The van der Waals surface area contributed by atoms with Crippen LogP contribution in [0.4, 0.5) is 0 Å². The number of carbonyl (C=O) groups is 1. The van der Waals surface area contributed by atoms with E-state index in [-0.39, 0.29) is 5.78 Å². The van der Waals surface area contributed by atoms with Gasteiger partial charge in [0.2, 0.25) is 0 Å². The highest BCUT2D eigenvalue weighted by Gasteiger charge is 2.21. The molecule has 2 aromatic heterocycles. The molecule has 0 aliphatic heterocycles.